The minimum absolute atomic E-state index is 0.219. The van der Waals surface area contributed by atoms with Crippen LogP contribution in [0.5, 0.6) is 0 Å². The predicted molar refractivity (Wildman–Crippen MR) is 57.5 cm³/mol. The van der Waals surface area contributed by atoms with E-state index in [1.165, 1.54) is 0 Å². The quantitative estimate of drug-likeness (QED) is 0.345. The molecule has 1 aromatic rings. The van der Waals surface area contributed by atoms with Gasteiger partial charge in [0.1, 0.15) is 17.9 Å². The lowest BCUT2D eigenvalue weighted by Gasteiger charge is -2.13. The summed E-state index contributed by atoms with van der Waals surface area (Å²) in [5, 5.41) is 30.3. The fourth-order valence-electron chi connectivity index (χ4n) is 1.72. The Balaban J connectivity index is 2.45. The Bertz CT molecular complexity index is 576. The van der Waals surface area contributed by atoms with Gasteiger partial charge in [-0.15, -0.1) is 0 Å². The number of aliphatic hydroxyl groups is 2. The molecule has 2 heterocycles. The average Bonchev–Trinajstić information content (AvgIpc) is 2.65. The molecule has 0 bridgehead atoms. The molecule has 1 aromatic heterocycles. The van der Waals surface area contributed by atoms with Crippen LogP contribution in [0, 0.1) is 0 Å². The molecule has 1 saturated heterocycles. The van der Waals surface area contributed by atoms with E-state index in [0.29, 0.717) is 0 Å². The number of rotatable bonds is 2. The van der Waals surface area contributed by atoms with E-state index in [9.17, 15) is 14.7 Å². The van der Waals surface area contributed by atoms with Crippen LogP contribution in [0.15, 0.2) is 27.0 Å². The molecule has 9 nitrogen and oxygen atoms in total. The molecule has 2 rings (SSSR count). The molecular weight excluding hydrogens is 246 g/mol. The van der Waals surface area contributed by atoms with Gasteiger partial charge in [0.15, 0.2) is 6.23 Å². The first-order chi connectivity index (χ1) is 8.58. The molecule has 0 radical (unpaired) electrons. The normalized spacial score (nSPS) is 29.9. The van der Waals surface area contributed by atoms with Crippen LogP contribution in [-0.2, 0) is 4.74 Å². The summed E-state index contributed by atoms with van der Waals surface area (Å²) in [5.41, 5.74) is -1.58. The highest BCUT2D eigenvalue weighted by Gasteiger charge is 2.42. The summed E-state index contributed by atoms with van der Waals surface area (Å²) in [6.07, 6.45) is -2.36. The lowest BCUT2D eigenvalue weighted by Crippen LogP contribution is -2.35. The molecule has 9 heteroatoms. The Morgan fingerprint density at radius 3 is 2.78 bits per heavy atom. The number of aromatic amines is 1. The molecule has 1 aliphatic rings. The van der Waals surface area contributed by atoms with Gasteiger partial charge in [0, 0.05) is 12.3 Å². The Morgan fingerprint density at radius 2 is 2.22 bits per heavy atom. The van der Waals surface area contributed by atoms with Gasteiger partial charge in [0.25, 0.3) is 5.56 Å². The van der Waals surface area contributed by atoms with E-state index in [1.54, 1.807) is 0 Å². The number of hydrogen-bond donors (Lipinski definition) is 4. The second-order valence-corrected chi connectivity index (χ2v) is 3.70. The van der Waals surface area contributed by atoms with Crippen LogP contribution in [0.1, 0.15) is 6.23 Å². The standard InChI is InChI=1S/C9H11N3O6/c13-3-4-7(15)6(11-17)8(18-4)12-2-1-5(14)10-9(12)16/h1-2,4,7-8,13,15,17H,3H2,(H,10,14,16)/b11-6-/t4-,7-,8-/m1/s1. The van der Waals surface area contributed by atoms with Crippen molar-refractivity contribution < 1.29 is 20.2 Å². The third kappa shape index (κ3) is 1.94. The Labute approximate surface area is 99.6 Å². The topological polar surface area (TPSA) is 137 Å². The van der Waals surface area contributed by atoms with E-state index >= 15 is 0 Å². The van der Waals surface area contributed by atoms with E-state index in [0.717, 1.165) is 16.8 Å². The van der Waals surface area contributed by atoms with Gasteiger partial charge in [-0.3, -0.25) is 14.3 Å². The molecule has 0 amide bonds. The lowest BCUT2D eigenvalue weighted by atomic mass is 10.1. The van der Waals surface area contributed by atoms with Crippen molar-refractivity contribution in [2.24, 2.45) is 5.16 Å². The van der Waals surface area contributed by atoms with Crippen LogP contribution >= 0.6 is 0 Å². The molecule has 0 aliphatic carbocycles. The first-order valence-corrected chi connectivity index (χ1v) is 5.06. The minimum atomic E-state index is -1.33. The average molecular weight is 257 g/mol. The fraction of sp³-hybridized carbons (Fsp3) is 0.444. The maximum Gasteiger partial charge on any atom is 0.330 e. The van der Waals surface area contributed by atoms with Crippen LogP contribution in [0.2, 0.25) is 0 Å². The van der Waals surface area contributed by atoms with Crippen molar-refractivity contribution in [3.8, 4) is 0 Å². The summed E-state index contributed by atoms with van der Waals surface area (Å²) in [4.78, 5) is 24.5. The van der Waals surface area contributed by atoms with Crippen LogP contribution in [0.4, 0.5) is 0 Å². The van der Waals surface area contributed by atoms with Crippen LogP contribution in [0.3, 0.4) is 0 Å². The molecule has 98 valence electrons. The summed E-state index contributed by atoms with van der Waals surface area (Å²) < 4.78 is 6.12. The van der Waals surface area contributed by atoms with Crippen molar-refractivity contribution in [1.29, 1.82) is 0 Å². The third-order valence-corrected chi connectivity index (χ3v) is 2.61. The highest BCUT2D eigenvalue weighted by atomic mass is 16.5. The van der Waals surface area contributed by atoms with E-state index in [4.69, 9.17) is 15.1 Å². The van der Waals surface area contributed by atoms with E-state index in [1.807, 2.05) is 4.98 Å². The first-order valence-electron chi connectivity index (χ1n) is 5.06. The van der Waals surface area contributed by atoms with Crippen molar-refractivity contribution in [2.75, 3.05) is 6.61 Å². The van der Waals surface area contributed by atoms with Gasteiger partial charge in [-0.1, -0.05) is 5.16 Å². The van der Waals surface area contributed by atoms with Gasteiger partial charge in [0.05, 0.1) is 6.61 Å². The SMILES string of the molecule is O=c1ccn([C@@H]2O[C@H](CO)[C@@H](O)/C2=N/O)c(=O)[nH]1. The van der Waals surface area contributed by atoms with Gasteiger partial charge in [-0.05, 0) is 0 Å². The highest BCUT2D eigenvalue weighted by Crippen LogP contribution is 2.24. The number of H-pyrrole nitrogens is 1. The van der Waals surface area contributed by atoms with Crippen LogP contribution in [0.25, 0.3) is 0 Å². The van der Waals surface area contributed by atoms with Crippen LogP contribution < -0.4 is 11.2 Å². The zero-order valence-electron chi connectivity index (χ0n) is 9.05. The number of hydrogen-bond acceptors (Lipinski definition) is 7. The summed E-state index contributed by atoms with van der Waals surface area (Å²) in [6, 6.07) is 1.08. The maximum absolute atomic E-state index is 11.5. The molecule has 4 N–H and O–H groups in total. The fourth-order valence-corrected chi connectivity index (χ4v) is 1.72. The second-order valence-electron chi connectivity index (χ2n) is 3.70. The van der Waals surface area contributed by atoms with Gasteiger partial charge in [0.2, 0.25) is 0 Å². The molecule has 1 aliphatic heterocycles. The molecule has 0 spiro atoms. The molecule has 0 unspecified atom stereocenters. The minimum Gasteiger partial charge on any atom is -0.411 e. The number of aromatic nitrogens is 2. The van der Waals surface area contributed by atoms with Gasteiger partial charge >= 0.3 is 5.69 Å². The Hall–Kier alpha value is -1.97. The molecule has 3 atom stereocenters. The molecule has 1 fully saturated rings. The predicted octanol–water partition coefficient (Wildman–Crippen LogP) is -2.38. The zero-order valence-corrected chi connectivity index (χ0v) is 9.05. The summed E-state index contributed by atoms with van der Waals surface area (Å²) in [7, 11) is 0. The first kappa shape index (κ1) is 12.5. The number of ether oxygens (including phenoxy) is 1. The van der Waals surface area contributed by atoms with Gasteiger partial charge in [-0.25, -0.2) is 4.79 Å². The summed E-state index contributed by atoms with van der Waals surface area (Å²) in [6.45, 7) is -0.505. The number of aliphatic hydroxyl groups excluding tert-OH is 2. The van der Waals surface area contributed by atoms with Gasteiger partial charge in [-0.2, -0.15) is 0 Å². The lowest BCUT2D eigenvalue weighted by molar-refractivity contribution is -0.0441. The number of nitrogens with zero attached hydrogens (tertiary/aromatic N) is 2. The number of oxime groups is 1. The molecule has 18 heavy (non-hydrogen) atoms. The van der Waals surface area contributed by atoms with Crippen molar-refractivity contribution in [1.82, 2.24) is 9.55 Å². The van der Waals surface area contributed by atoms with Crippen molar-refractivity contribution >= 4 is 5.71 Å². The number of nitrogens with one attached hydrogen (secondary N) is 1. The van der Waals surface area contributed by atoms with Crippen molar-refractivity contribution in [2.45, 2.75) is 18.4 Å². The van der Waals surface area contributed by atoms with E-state index in [-0.39, 0.29) is 5.71 Å². The largest absolute Gasteiger partial charge is 0.411 e. The monoisotopic (exact) mass is 257 g/mol. The van der Waals surface area contributed by atoms with E-state index < -0.39 is 36.3 Å². The molecule has 0 aromatic carbocycles. The van der Waals surface area contributed by atoms with Crippen molar-refractivity contribution in [3.05, 3.63) is 33.1 Å². The van der Waals surface area contributed by atoms with E-state index in [2.05, 4.69) is 5.16 Å². The summed E-state index contributed by atoms with van der Waals surface area (Å²) in [5.74, 6) is 0. The Morgan fingerprint density at radius 1 is 1.50 bits per heavy atom. The zero-order chi connectivity index (χ0) is 13.3. The molecule has 0 saturated carbocycles. The highest BCUT2D eigenvalue weighted by molar-refractivity contribution is 5.92. The van der Waals surface area contributed by atoms with Crippen LogP contribution in [-0.4, -0.2) is 49.5 Å². The summed E-state index contributed by atoms with van der Waals surface area (Å²) >= 11 is 0. The van der Waals surface area contributed by atoms with Gasteiger partial charge < -0.3 is 20.2 Å². The second kappa shape index (κ2) is 4.72. The Kier molecular flexibility index (Phi) is 3.28. The smallest absolute Gasteiger partial charge is 0.330 e. The van der Waals surface area contributed by atoms with Crippen molar-refractivity contribution in [3.63, 3.8) is 0 Å². The molecular formula is C9H11N3O6. The third-order valence-electron chi connectivity index (χ3n) is 2.61. The maximum atomic E-state index is 11.5.